The lowest BCUT2D eigenvalue weighted by Crippen LogP contribution is -2.45. The lowest BCUT2D eigenvalue weighted by Gasteiger charge is -2.33. The Morgan fingerprint density at radius 2 is 1.77 bits per heavy atom. The summed E-state index contributed by atoms with van der Waals surface area (Å²) in [7, 11) is 0. The van der Waals surface area contributed by atoms with Crippen molar-refractivity contribution in [2.24, 2.45) is 0 Å². The van der Waals surface area contributed by atoms with E-state index in [1.165, 1.54) is 12.8 Å². The van der Waals surface area contributed by atoms with Crippen molar-refractivity contribution in [3.8, 4) is 5.88 Å². The summed E-state index contributed by atoms with van der Waals surface area (Å²) in [5.41, 5.74) is 3.02. The lowest BCUT2D eigenvalue weighted by atomic mass is 9.89. The lowest BCUT2D eigenvalue weighted by molar-refractivity contribution is 0.331. The topological polar surface area (TPSA) is 60.1 Å². The first kappa shape index (κ1) is 14.0. The Bertz CT molecular complexity index is 667. The van der Waals surface area contributed by atoms with Gasteiger partial charge in [0, 0.05) is 23.3 Å². The van der Waals surface area contributed by atoms with Crippen molar-refractivity contribution in [3.63, 3.8) is 0 Å². The number of aromatic nitrogens is 1. The highest BCUT2D eigenvalue weighted by Gasteiger charge is 2.34. The van der Waals surface area contributed by atoms with E-state index in [1.807, 2.05) is 30.5 Å². The van der Waals surface area contributed by atoms with E-state index in [4.69, 9.17) is 11.6 Å². The van der Waals surface area contributed by atoms with Gasteiger partial charge >= 0.3 is 0 Å². The van der Waals surface area contributed by atoms with Gasteiger partial charge in [-0.3, -0.25) is 0 Å². The molecule has 4 rings (SSSR count). The Hall–Kier alpha value is -1.65. The van der Waals surface area contributed by atoms with Crippen molar-refractivity contribution in [3.05, 3.63) is 46.6 Å². The van der Waals surface area contributed by atoms with Crippen LogP contribution in [0.25, 0.3) is 0 Å². The Morgan fingerprint density at radius 1 is 1.05 bits per heavy atom. The number of hydrogen-bond donors (Lipinski definition) is 4. The molecule has 2 aliphatic rings. The fourth-order valence-electron chi connectivity index (χ4n) is 3.75. The van der Waals surface area contributed by atoms with Gasteiger partial charge in [0.25, 0.3) is 0 Å². The van der Waals surface area contributed by atoms with Gasteiger partial charge in [0.1, 0.15) is 0 Å². The molecule has 1 aliphatic heterocycles. The van der Waals surface area contributed by atoms with Crippen LogP contribution in [0.4, 0.5) is 5.69 Å². The van der Waals surface area contributed by atoms with Crippen LogP contribution in [0.1, 0.15) is 42.9 Å². The summed E-state index contributed by atoms with van der Waals surface area (Å²) >= 11 is 6.02. The first-order valence-electron chi connectivity index (χ1n) is 7.90. The standard InChI is InChI=1S/C17H20ClN3O/c18-11-7-5-10(6-8-11)16-15-14(9-19-17(15)22)20-12-3-1-2-4-13(12)21-16/h5-9,12-13,16,19-22H,1-4H2/t12-,13-,16-/m1/s1. The number of aromatic hydroxyl groups is 1. The molecule has 4 N–H and O–H groups in total. The van der Waals surface area contributed by atoms with Crippen LogP contribution in [-0.2, 0) is 0 Å². The highest BCUT2D eigenvalue weighted by atomic mass is 35.5. The van der Waals surface area contributed by atoms with Crippen molar-refractivity contribution in [2.75, 3.05) is 5.32 Å². The van der Waals surface area contributed by atoms with Gasteiger partial charge in [-0.25, -0.2) is 0 Å². The Balaban J connectivity index is 1.77. The zero-order chi connectivity index (χ0) is 15.1. The number of nitrogens with one attached hydrogen (secondary N) is 3. The second-order valence-electron chi connectivity index (χ2n) is 6.26. The minimum Gasteiger partial charge on any atom is -0.494 e. The summed E-state index contributed by atoms with van der Waals surface area (Å²) < 4.78 is 0. The highest BCUT2D eigenvalue weighted by molar-refractivity contribution is 6.30. The molecule has 2 heterocycles. The van der Waals surface area contributed by atoms with Crippen LogP contribution in [0.3, 0.4) is 0 Å². The van der Waals surface area contributed by atoms with Crippen LogP contribution >= 0.6 is 11.6 Å². The highest BCUT2D eigenvalue weighted by Crippen LogP contribution is 2.40. The number of halogens is 1. The predicted molar refractivity (Wildman–Crippen MR) is 88.6 cm³/mol. The van der Waals surface area contributed by atoms with Crippen LogP contribution in [0.15, 0.2) is 30.5 Å². The fraction of sp³-hybridized carbons (Fsp3) is 0.412. The molecule has 1 aromatic carbocycles. The molecule has 0 radical (unpaired) electrons. The van der Waals surface area contributed by atoms with Gasteiger partial charge in [-0.2, -0.15) is 0 Å². The molecule has 1 saturated carbocycles. The van der Waals surface area contributed by atoms with Gasteiger partial charge in [-0.1, -0.05) is 36.6 Å². The first-order chi connectivity index (χ1) is 10.7. The Kier molecular flexibility index (Phi) is 3.51. The van der Waals surface area contributed by atoms with Crippen LogP contribution in [-0.4, -0.2) is 22.2 Å². The molecule has 0 saturated heterocycles. The van der Waals surface area contributed by atoms with E-state index in [1.54, 1.807) is 0 Å². The largest absolute Gasteiger partial charge is 0.494 e. The van der Waals surface area contributed by atoms with Gasteiger partial charge in [0.15, 0.2) is 5.88 Å². The van der Waals surface area contributed by atoms with E-state index < -0.39 is 0 Å². The van der Waals surface area contributed by atoms with Crippen molar-refractivity contribution in [2.45, 2.75) is 43.8 Å². The third kappa shape index (κ3) is 2.36. The molecule has 4 nitrogen and oxygen atoms in total. The van der Waals surface area contributed by atoms with E-state index in [0.717, 1.165) is 34.7 Å². The van der Waals surface area contributed by atoms with Crippen LogP contribution in [0.2, 0.25) is 5.02 Å². The SMILES string of the molecule is Oc1[nH]cc2c1[C@@H](c1ccc(Cl)cc1)N[C@@H]1CCCC[C@H]1N2. The van der Waals surface area contributed by atoms with Gasteiger partial charge in [-0.05, 0) is 30.5 Å². The first-order valence-corrected chi connectivity index (χ1v) is 8.28. The van der Waals surface area contributed by atoms with Crippen LogP contribution in [0.5, 0.6) is 5.88 Å². The number of rotatable bonds is 1. The third-order valence-electron chi connectivity index (χ3n) is 4.88. The molecular formula is C17H20ClN3O. The molecule has 22 heavy (non-hydrogen) atoms. The van der Waals surface area contributed by atoms with E-state index >= 15 is 0 Å². The number of H-pyrrole nitrogens is 1. The number of fused-ring (bicyclic) bond motifs is 2. The second kappa shape index (κ2) is 5.52. The second-order valence-corrected chi connectivity index (χ2v) is 6.69. The summed E-state index contributed by atoms with van der Waals surface area (Å²) in [5, 5.41) is 18.4. The van der Waals surface area contributed by atoms with Gasteiger partial charge in [0.2, 0.25) is 0 Å². The molecule has 116 valence electrons. The number of hydrogen-bond acceptors (Lipinski definition) is 3. The fourth-order valence-corrected chi connectivity index (χ4v) is 3.88. The molecule has 0 unspecified atom stereocenters. The Labute approximate surface area is 134 Å². The number of aromatic amines is 1. The summed E-state index contributed by atoms with van der Waals surface area (Å²) in [6.07, 6.45) is 6.71. The molecule has 0 amide bonds. The molecule has 1 fully saturated rings. The molecule has 0 spiro atoms. The zero-order valence-corrected chi connectivity index (χ0v) is 13.0. The molecular weight excluding hydrogens is 298 g/mol. The van der Waals surface area contributed by atoms with E-state index in [0.29, 0.717) is 12.1 Å². The summed E-state index contributed by atoms with van der Waals surface area (Å²) in [6.45, 7) is 0. The van der Waals surface area contributed by atoms with Crippen molar-refractivity contribution < 1.29 is 5.11 Å². The minimum absolute atomic E-state index is 0.0286. The molecule has 1 aliphatic carbocycles. The molecule has 2 aromatic rings. The molecule has 3 atom stereocenters. The summed E-state index contributed by atoms with van der Waals surface area (Å²) in [6, 6.07) is 8.66. The van der Waals surface area contributed by atoms with E-state index in [9.17, 15) is 5.11 Å². The summed E-state index contributed by atoms with van der Waals surface area (Å²) in [5.74, 6) is 0.230. The molecule has 1 aromatic heterocycles. The maximum absolute atomic E-state index is 10.3. The zero-order valence-electron chi connectivity index (χ0n) is 12.3. The normalized spacial score (nSPS) is 27.4. The smallest absolute Gasteiger partial charge is 0.195 e. The van der Waals surface area contributed by atoms with Crippen molar-refractivity contribution in [1.29, 1.82) is 0 Å². The number of anilines is 1. The average Bonchev–Trinajstić information content (AvgIpc) is 2.79. The maximum Gasteiger partial charge on any atom is 0.195 e. The summed E-state index contributed by atoms with van der Waals surface area (Å²) in [4.78, 5) is 2.94. The quantitative estimate of drug-likeness (QED) is 0.647. The van der Waals surface area contributed by atoms with Crippen LogP contribution < -0.4 is 10.6 Å². The van der Waals surface area contributed by atoms with Crippen LogP contribution in [0, 0.1) is 0 Å². The van der Waals surface area contributed by atoms with Crippen molar-refractivity contribution >= 4 is 17.3 Å². The minimum atomic E-state index is -0.0286. The maximum atomic E-state index is 10.3. The van der Waals surface area contributed by atoms with Gasteiger partial charge < -0.3 is 20.7 Å². The van der Waals surface area contributed by atoms with E-state index in [-0.39, 0.29) is 11.9 Å². The Morgan fingerprint density at radius 3 is 2.55 bits per heavy atom. The third-order valence-corrected chi connectivity index (χ3v) is 5.13. The predicted octanol–water partition coefficient (Wildman–Crippen LogP) is 3.79. The van der Waals surface area contributed by atoms with Gasteiger partial charge in [0.05, 0.1) is 17.3 Å². The molecule has 0 bridgehead atoms. The van der Waals surface area contributed by atoms with Crippen molar-refractivity contribution in [1.82, 2.24) is 10.3 Å². The number of benzene rings is 1. The monoisotopic (exact) mass is 317 g/mol. The average molecular weight is 318 g/mol. The molecule has 5 heteroatoms. The van der Waals surface area contributed by atoms with E-state index in [2.05, 4.69) is 15.6 Å². The van der Waals surface area contributed by atoms with Gasteiger partial charge in [-0.15, -0.1) is 0 Å².